The lowest BCUT2D eigenvalue weighted by Crippen LogP contribution is -2.52. The van der Waals surface area contributed by atoms with Crippen molar-refractivity contribution < 1.29 is 27.5 Å². The Morgan fingerprint density at radius 1 is 1.05 bits per heavy atom. The van der Waals surface area contributed by atoms with Crippen molar-refractivity contribution in [2.24, 2.45) is 0 Å². The molecule has 37 heavy (non-hydrogen) atoms. The molecule has 4 rings (SSSR count). The van der Waals surface area contributed by atoms with E-state index in [1.54, 1.807) is 19.1 Å². The van der Waals surface area contributed by atoms with Crippen LogP contribution in [0.15, 0.2) is 46.9 Å². The number of sulfonamides is 1. The lowest BCUT2D eigenvalue weighted by Gasteiger charge is -2.33. The van der Waals surface area contributed by atoms with E-state index in [0.717, 1.165) is 52.7 Å². The minimum Gasteiger partial charge on any atom is -0.454 e. The predicted molar refractivity (Wildman–Crippen MR) is 144 cm³/mol. The second-order valence-electron chi connectivity index (χ2n) is 9.47. The Kier molecular flexibility index (Phi) is 8.63. The third kappa shape index (κ3) is 6.95. The Morgan fingerprint density at radius 3 is 2.41 bits per heavy atom. The summed E-state index contributed by atoms with van der Waals surface area (Å²) in [6, 6.07) is 11.5. The first-order valence-electron chi connectivity index (χ1n) is 12.3. The summed E-state index contributed by atoms with van der Waals surface area (Å²) in [5, 5.41) is 3.09. The van der Waals surface area contributed by atoms with Crippen LogP contribution in [0.1, 0.15) is 44.6 Å². The molecule has 1 N–H and O–H groups in total. The van der Waals surface area contributed by atoms with Crippen LogP contribution in [0.4, 0.5) is 5.69 Å². The topological polar surface area (TPSA) is 105 Å². The zero-order valence-corrected chi connectivity index (χ0v) is 23.4. The average Bonchev–Trinajstić information content (AvgIpc) is 3.34. The van der Waals surface area contributed by atoms with Crippen LogP contribution < -0.4 is 19.1 Å². The van der Waals surface area contributed by atoms with E-state index in [9.17, 15) is 18.0 Å². The molecule has 1 atom stereocenters. The number of fused-ring (bicyclic) bond motifs is 1. The molecule has 1 aliphatic heterocycles. The van der Waals surface area contributed by atoms with Gasteiger partial charge in [0, 0.05) is 23.1 Å². The molecule has 1 unspecified atom stereocenters. The van der Waals surface area contributed by atoms with Crippen molar-refractivity contribution in [1.29, 1.82) is 0 Å². The van der Waals surface area contributed by atoms with Crippen molar-refractivity contribution in [3.8, 4) is 11.5 Å². The standard InChI is InChI=1S/C26H32BrN3O6S/c1-18(26(32)28-21-6-4-3-5-7-21)29(15-19-8-10-20(27)11-9-19)25(31)16-30(37(2,33)34)22-12-13-23-24(14-22)36-17-35-23/h8-14,18,21H,3-7,15-17H2,1-2H3,(H,28,32). The zero-order valence-electron chi connectivity index (χ0n) is 21.0. The van der Waals surface area contributed by atoms with E-state index in [-0.39, 0.29) is 31.0 Å². The van der Waals surface area contributed by atoms with E-state index < -0.39 is 28.5 Å². The summed E-state index contributed by atoms with van der Waals surface area (Å²) in [6.45, 7) is 1.42. The van der Waals surface area contributed by atoms with Crippen molar-refractivity contribution in [2.45, 2.75) is 57.7 Å². The molecule has 1 heterocycles. The van der Waals surface area contributed by atoms with E-state index in [0.29, 0.717) is 11.5 Å². The summed E-state index contributed by atoms with van der Waals surface area (Å²) in [7, 11) is -3.83. The molecule has 2 aromatic rings. The molecule has 1 saturated carbocycles. The van der Waals surface area contributed by atoms with Crippen LogP contribution in [0.25, 0.3) is 0 Å². The maximum Gasteiger partial charge on any atom is 0.244 e. The number of ether oxygens (including phenoxy) is 2. The zero-order chi connectivity index (χ0) is 26.6. The molecule has 9 nitrogen and oxygen atoms in total. The highest BCUT2D eigenvalue weighted by Gasteiger charge is 2.31. The van der Waals surface area contributed by atoms with Gasteiger partial charge in [0.2, 0.25) is 28.6 Å². The molecule has 1 fully saturated rings. The smallest absolute Gasteiger partial charge is 0.244 e. The Bertz CT molecular complexity index is 1230. The highest BCUT2D eigenvalue weighted by molar-refractivity contribution is 9.10. The minimum atomic E-state index is -3.83. The number of anilines is 1. The summed E-state index contributed by atoms with van der Waals surface area (Å²) in [4.78, 5) is 28.3. The van der Waals surface area contributed by atoms with Gasteiger partial charge in [-0.1, -0.05) is 47.3 Å². The molecular weight excluding hydrogens is 562 g/mol. The average molecular weight is 595 g/mol. The predicted octanol–water partition coefficient (Wildman–Crippen LogP) is 3.81. The molecule has 0 saturated heterocycles. The molecule has 11 heteroatoms. The van der Waals surface area contributed by atoms with Crippen LogP contribution in [0.5, 0.6) is 11.5 Å². The van der Waals surface area contributed by atoms with Crippen LogP contribution in [-0.2, 0) is 26.2 Å². The fraction of sp³-hybridized carbons (Fsp3) is 0.462. The van der Waals surface area contributed by atoms with Gasteiger partial charge >= 0.3 is 0 Å². The molecule has 200 valence electrons. The van der Waals surface area contributed by atoms with Gasteiger partial charge in [0.05, 0.1) is 11.9 Å². The first kappa shape index (κ1) is 27.3. The van der Waals surface area contributed by atoms with Crippen molar-refractivity contribution in [3.63, 3.8) is 0 Å². The van der Waals surface area contributed by atoms with Crippen LogP contribution >= 0.6 is 15.9 Å². The van der Waals surface area contributed by atoms with E-state index in [1.165, 1.54) is 11.0 Å². The maximum atomic E-state index is 13.7. The number of benzene rings is 2. The Morgan fingerprint density at radius 2 is 1.73 bits per heavy atom. The molecular formula is C26H32BrN3O6S. The lowest BCUT2D eigenvalue weighted by molar-refractivity contribution is -0.139. The molecule has 2 aromatic carbocycles. The van der Waals surface area contributed by atoms with Gasteiger partial charge in [-0.3, -0.25) is 13.9 Å². The lowest BCUT2D eigenvalue weighted by atomic mass is 9.95. The third-order valence-corrected chi connectivity index (χ3v) is 8.38. The number of rotatable bonds is 9. The summed E-state index contributed by atoms with van der Waals surface area (Å²) in [6.07, 6.45) is 6.19. The number of carbonyl (C=O) groups excluding carboxylic acids is 2. The largest absolute Gasteiger partial charge is 0.454 e. The molecule has 2 aliphatic rings. The summed E-state index contributed by atoms with van der Waals surface area (Å²) >= 11 is 3.41. The number of halogens is 1. The van der Waals surface area contributed by atoms with Gasteiger partial charge < -0.3 is 19.7 Å². The monoisotopic (exact) mass is 593 g/mol. The van der Waals surface area contributed by atoms with Gasteiger partial charge in [-0.25, -0.2) is 8.42 Å². The van der Waals surface area contributed by atoms with Crippen LogP contribution in [0, 0.1) is 0 Å². The van der Waals surface area contributed by atoms with Crippen LogP contribution in [-0.4, -0.2) is 56.8 Å². The molecule has 0 radical (unpaired) electrons. The second kappa shape index (κ2) is 11.7. The number of nitrogens with zero attached hydrogens (tertiary/aromatic N) is 2. The fourth-order valence-electron chi connectivity index (χ4n) is 4.59. The van der Waals surface area contributed by atoms with Crippen molar-refractivity contribution in [3.05, 3.63) is 52.5 Å². The van der Waals surface area contributed by atoms with E-state index in [1.807, 2.05) is 24.3 Å². The third-order valence-electron chi connectivity index (χ3n) is 6.71. The van der Waals surface area contributed by atoms with Crippen LogP contribution in [0.3, 0.4) is 0 Å². The number of nitrogens with one attached hydrogen (secondary N) is 1. The number of hydrogen-bond donors (Lipinski definition) is 1. The first-order chi connectivity index (χ1) is 17.6. The minimum absolute atomic E-state index is 0.0468. The van der Waals surface area contributed by atoms with Crippen molar-refractivity contribution >= 4 is 43.5 Å². The number of amides is 2. The summed E-state index contributed by atoms with van der Waals surface area (Å²) in [5.74, 6) is 0.183. The van der Waals surface area contributed by atoms with Gasteiger partial charge in [-0.15, -0.1) is 0 Å². The first-order valence-corrected chi connectivity index (χ1v) is 15.0. The van der Waals surface area contributed by atoms with Crippen LogP contribution in [0.2, 0.25) is 0 Å². The molecule has 0 spiro atoms. The number of carbonyl (C=O) groups is 2. The molecule has 0 aromatic heterocycles. The molecule has 0 bridgehead atoms. The van der Waals surface area contributed by atoms with Gasteiger partial charge in [0.25, 0.3) is 0 Å². The number of hydrogen-bond acceptors (Lipinski definition) is 6. The van der Waals surface area contributed by atoms with Crippen molar-refractivity contribution in [2.75, 3.05) is 23.9 Å². The maximum absolute atomic E-state index is 13.7. The summed E-state index contributed by atoms with van der Waals surface area (Å²) in [5.41, 5.74) is 1.10. The normalized spacial score (nSPS) is 16.2. The van der Waals surface area contributed by atoms with Gasteiger partial charge in [0.15, 0.2) is 11.5 Å². The van der Waals surface area contributed by atoms with Gasteiger partial charge in [-0.05, 0) is 49.6 Å². The summed E-state index contributed by atoms with van der Waals surface area (Å²) < 4.78 is 38.1. The van der Waals surface area contributed by atoms with E-state index in [4.69, 9.17) is 9.47 Å². The SMILES string of the molecule is CC(C(=O)NC1CCCCC1)N(Cc1ccc(Br)cc1)C(=O)CN(c1ccc2c(c1)OCO2)S(C)(=O)=O. The van der Waals surface area contributed by atoms with Crippen molar-refractivity contribution in [1.82, 2.24) is 10.2 Å². The van der Waals surface area contributed by atoms with E-state index >= 15 is 0 Å². The highest BCUT2D eigenvalue weighted by Crippen LogP contribution is 2.36. The Labute approximate surface area is 226 Å². The Hall–Kier alpha value is -2.79. The van der Waals surface area contributed by atoms with Gasteiger partial charge in [0.1, 0.15) is 12.6 Å². The second-order valence-corrected chi connectivity index (χ2v) is 12.3. The fourth-order valence-corrected chi connectivity index (χ4v) is 5.70. The highest BCUT2D eigenvalue weighted by atomic mass is 79.9. The molecule has 2 amide bonds. The Balaban J connectivity index is 1.58. The van der Waals surface area contributed by atoms with E-state index in [2.05, 4.69) is 21.2 Å². The molecule has 1 aliphatic carbocycles. The van der Waals surface area contributed by atoms with Gasteiger partial charge in [-0.2, -0.15) is 0 Å². The quantitative estimate of drug-likeness (QED) is 0.474.